The number of hydrogen-bond acceptors (Lipinski definition) is 3. The van der Waals surface area contributed by atoms with Crippen LogP contribution in [0.15, 0.2) is 6.07 Å². The Morgan fingerprint density at radius 2 is 1.86 bits per heavy atom. The van der Waals surface area contributed by atoms with Crippen LogP contribution in [0.25, 0.3) is 0 Å². The molecule has 1 aromatic rings. The lowest BCUT2D eigenvalue weighted by Gasteiger charge is -2.35. The van der Waals surface area contributed by atoms with E-state index in [0.29, 0.717) is 21.9 Å². The molecule has 1 fully saturated rings. The van der Waals surface area contributed by atoms with Crippen LogP contribution in [0.5, 0.6) is 0 Å². The van der Waals surface area contributed by atoms with Crippen LogP contribution < -0.4 is 10.2 Å². The lowest BCUT2D eigenvalue weighted by atomic mass is 9.84. The first-order chi connectivity index (χ1) is 10.1. The molecule has 3 nitrogen and oxygen atoms in total. The Kier molecular flexibility index (Phi) is 6.00. The van der Waals surface area contributed by atoms with E-state index >= 15 is 0 Å². The highest BCUT2D eigenvalue weighted by Gasteiger charge is 2.25. The molecule has 1 aliphatic carbocycles. The van der Waals surface area contributed by atoms with Gasteiger partial charge >= 0.3 is 0 Å². The van der Waals surface area contributed by atoms with Crippen molar-refractivity contribution in [1.29, 1.82) is 0 Å². The highest BCUT2D eigenvalue weighted by atomic mass is 35.5. The fourth-order valence-electron chi connectivity index (χ4n) is 3.11. The number of aromatic nitrogens is 1. The van der Waals surface area contributed by atoms with Crippen LogP contribution in [0.2, 0.25) is 10.0 Å². The second-order valence-electron chi connectivity index (χ2n) is 5.85. The van der Waals surface area contributed by atoms with Gasteiger partial charge < -0.3 is 10.2 Å². The summed E-state index contributed by atoms with van der Waals surface area (Å²) in [6, 6.07) is 2.31. The molecule has 118 valence electrons. The van der Waals surface area contributed by atoms with E-state index in [9.17, 15) is 0 Å². The summed E-state index contributed by atoms with van der Waals surface area (Å²) in [5, 5.41) is 4.39. The van der Waals surface area contributed by atoms with Crippen LogP contribution >= 0.6 is 23.2 Å². The smallest absolute Gasteiger partial charge is 0.149 e. The number of nitrogens with one attached hydrogen (secondary N) is 1. The Morgan fingerprint density at radius 3 is 2.43 bits per heavy atom. The fraction of sp³-hybridized carbons (Fsp3) is 0.688. The van der Waals surface area contributed by atoms with E-state index in [4.69, 9.17) is 23.2 Å². The zero-order valence-electron chi connectivity index (χ0n) is 13.1. The normalized spacial score (nSPS) is 22.1. The average molecular weight is 330 g/mol. The molecule has 0 aromatic carbocycles. The van der Waals surface area contributed by atoms with Crippen LogP contribution in [0.1, 0.15) is 46.0 Å². The molecule has 1 aromatic heterocycles. The molecule has 0 radical (unpaired) electrons. The van der Waals surface area contributed by atoms with Gasteiger partial charge in [-0.3, -0.25) is 0 Å². The van der Waals surface area contributed by atoms with E-state index in [-0.39, 0.29) is 0 Å². The maximum Gasteiger partial charge on any atom is 0.149 e. The van der Waals surface area contributed by atoms with Crippen molar-refractivity contribution in [2.24, 2.45) is 5.92 Å². The Bertz CT molecular complexity index is 471. The molecule has 0 amide bonds. The van der Waals surface area contributed by atoms with Crippen LogP contribution in [0.3, 0.4) is 0 Å². The SMILES string of the molecule is CCNc1nc(N(C)C2CCC(CC)CC2)c(Cl)cc1Cl. The van der Waals surface area contributed by atoms with Gasteiger partial charge in [0, 0.05) is 19.6 Å². The summed E-state index contributed by atoms with van der Waals surface area (Å²) in [6.45, 7) is 5.11. The molecule has 2 rings (SSSR count). The minimum absolute atomic E-state index is 0.522. The molecule has 1 saturated carbocycles. The van der Waals surface area contributed by atoms with Crippen molar-refractivity contribution in [2.75, 3.05) is 23.8 Å². The first-order valence-electron chi connectivity index (χ1n) is 7.89. The molecule has 0 atom stereocenters. The van der Waals surface area contributed by atoms with Crippen molar-refractivity contribution in [3.8, 4) is 0 Å². The van der Waals surface area contributed by atoms with Crippen molar-refractivity contribution in [3.63, 3.8) is 0 Å². The standard InChI is InChI=1S/C16H25Cl2N3/c1-4-11-6-8-12(9-7-11)21(3)16-14(18)10-13(17)15(20-16)19-5-2/h10-12H,4-9H2,1-3H3,(H,19,20). The van der Waals surface area contributed by atoms with Gasteiger partial charge in [-0.25, -0.2) is 4.98 Å². The van der Waals surface area contributed by atoms with Crippen molar-refractivity contribution >= 4 is 34.8 Å². The summed E-state index contributed by atoms with van der Waals surface area (Å²) < 4.78 is 0. The Hall–Kier alpha value is -0.670. The van der Waals surface area contributed by atoms with Crippen LogP contribution in [0.4, 0.5) is 11.6 Å². The van der Waals surface area contributed by atoms with E-state index in [1.54, 1.807) is 6.07 Å². The number of hydrogen-bond donors (Lipinski definition) is 1. The predicted molar refractivity (Wildman–Crippen MR) is 92.9 cm³/mol. The number of pyridine rings is 1. The molecule has 0 saturated heterocycles. The van der Waals surface area contributed by atoms with E-state index in [1.165, 1.54) is 32.1 Å². The van der Waals surface area contributed by atoms with Gasteiger partial charge in [0.25, 0.3) is 0 Å². The van der Waals surface area contributed by atoms with Crippen LogP contribution in [-0.2, 0) is 0 Å². The second kappa shape index (κ2) is 7.55. The van der Waals surface area contributed by atoms with Gasteiger partial charge in [-0.15, -0.1) is 0 Å². The minimum atomic E-state index is 0.522. The van der Waals surface area contributed by atoms with Gasteiger partial charge in [0.05, 0.1) is 10.0 Å². The molecule has 1 heterocycles. The number of nitrogens with zero attached hydrogens (tertiary/aromatic N) is 2. The number of rotatable bonds is 5. The fourth-order valence-corrected chi connectivity index (χ4v) is 3.67. The van der Waals surface area contributed by atoms with E-state index in [1.807, 2.05) is 6.92 Å². The summed E-state index contributed by atoms with van der Waals surface area (Å²) in [4.78, 5) is 6.85. The van der Waals surface area contributed by atoms with E-state index in [2.05, 4.69) is 29.2 Å². The largest absolute Gasteiger partial charge is 0.369 e. The first-order valence-corrected chi connectivity index (χ1v) is 8.65. The summed E-state index contributed by atoms with van der Waals surface area (Å²) in [5.74, 6) is 2.44. The molecule has 1 N–H and O–H groups in total. The van der Waals surface area contributed by atoms with Gasteiger partial charge in [-0.2, -0.15) is 0 Å². The van der Waals surface area contributed by atoms with Gasteiger partial charge in [-0.05, 0) is 44.6 Å². The Labute approximate surface area is 138 Å². The zero-order chi connectivity index (χ0) is 15.4. The number of halogens is 2. The van der Waals surface area contributed by atoms with Crippen molar-refractivity contribution in [3.05, 3.63) is 16.1 Å². The monoisotopic (exact) mass is 329 g/mol. The highest BCUT2D eigenvalue weighted by molar-refractivity contribution is 6.37. The lowest BCUT2D eigenvalue weighted by Crippen LogP contribution is -2.36. The molecule has 0 bridgehead atoms. The van der Waals surface area contributed by atoms with Crippen LogP contribution in [-0.4, -0.2) is 24.6 Å². The van der Waals surface area contributed by atoms with Gasteiger partial charge in [-0.1, -0.05) is 36.5 Å². The minimum Gasteiger partial charge on any atom is -0.369 e. The van der Waals surface area contributed by atoms with Gasteiger partial charge in [0.1, 0.15) is 11.6 Å². The van der Waals surface area contributed by atoms with E-state index in [0.717, 1.165) is 18.3 Å². The molecule has 0 spiro atoms. The topological polar surface area (TPSA) is 28.2 Å². The van der Waals surface area contributed by atoms with Crippen LogP contribution in [0, 0.1) is 5.92 Å². The lowest BCUT2D eigenvalue weighted by molar-refractivity contribution is 0.313. The molecule has 1 aliphatic rings. The average Bonchev–Trinajstić information content (AvgIpc) is 2.49. The summed E-state index contributed by atoms with van der Waals surface area (Å²) in [6.07, 6.45) is 6.33. The molecule has 21 heavy (non-hydrogen) atoms. The third kappa shape index (κ3) is 3.95. The highest BCUT2D eigenvalue weighted by Crippen LogP contribution is 2.35. The third-order valence-electron chi connectivity index (χ3n) is 4.53. The Morgan fingerprint density at radius 1 is 1.19 bits per heavy atom. The number of anilines is 2. The second-order valence-corrected chi connectivity index (χ2v) is 6.66. The molecule has 5 heteroatoms. The van der Waals surface area contributed by atoms with Crippen molar-refractivity contribution in [2.45, 2.75) is 52.0 Å². The predicted octanol–water partition coefficient (Wildman–Crippen LogP) is 5.23. The van der Waals surface area contributed by atoms with Gasteiger partial charge in [0.15, 0.2) is 0 Å². The summed E-state index contributed by atoms with van der Waals surface area (Å²) >= 11 is 12.5. The van der Waals surface area contributed by atoms with E-state index < -0.39 is 0 Å². The van der Waals surface area contributed by atoms with Gasteiger partial charge in [0.2, 0.25) is 0 Å². The summed E-state index contributed by atoms with van der Waals surface area (Å²) in [5.41, 5.74) is 0. The molecular weight excluding hydrogens is 305 g/mol. The third-order valence-corrected chi connectivity index (χ3v) is 5.10. The maximum absolute atomic E-state index is 6.36. The first kappa shape index (κ1) is 16.7. The summed E-state index contributed by atoms with van der Waals surface area (Å²) in [7, 11) is 2.09. The molecule has 0 aliphatic heterocycles. The molecular formula is C16H25Cl2N3. The van der Waals surface area contributed by atoms with Crippen molar-refractivity contribution in [1.82, 2.24) is 4.98 Å². The molecule has 0 unspecified atom stereocenters. The zero-order valence-corrected chi connectivity index (χ0v) is 14.6. The maximum atomic E-state index is 6.36. The Balaban J connectivity index is 2.15. The van der Waals surface area contributed by atoms with Crippen molar-refractivity contribution < 1.29 is 0 Å². The quantitative estimate of drug-likeness (QED) is 0.802.